The number of aliphatic carboxylic acids is 1. The van der Waals surface area contributed by atoms with Gasteiger partial charge in [0.25, 0.3) is 0 Å². The summed E-state index contributed by atoms with van der Waals surface area (Å²) in [6.07, 6.45) is 0.349. The Kier molecular flexibility index (Phi) is 9.57. The smallest absolute Gasteiger partial charge is 0.325 e. The van der Waals surface area contributed by atoms with Crippen molar-refractivity contribution < 1.29 is 29.4 Å². The summed E-state index contributed by atoms with van der Waals surface area (Å²) in [4.78, 5) is 48.9. The van der Waals surface area contributed by atoms with Gasteiger partial charge in [0, 0.05) is 6.42 Å². The molecule has 182 valence electrons. The maximum atomic E-state index is 12.9. The van der Waals surface area contributed by atoms with Gasteiger partial charge in [0.1, 0.15) is 23.9 Å². The summed E-state index contributed by atoms with van der Waals surface area (Å²) >= 11 is 0. The molecule has 10 heteroatoms. The fourth-order valence-electron chi connectivity index (χ4n) is 3.10. The van der Waals surface area contributed by atoms with Gasteiger partial charge in [-0.05, 0) is 43.5 Å². The lowest BCUT2D eigenvalue weighted by molar-refractivity contribution is -0.141. The Morgan fingerprint density at radius 2 is 1.32 bits per heavy atom. The van der Waals surface area contributed by atoms with E-state index in [0.29, 0.717) is 0 Å². The van der Waals surface area contributed by atoms with Gasteiger partial charge in [-0.15, -0.1) is 0 Å². The van der Waals surface area contributed by atoms with E-state index in [-0.39, 0.29) is 18.6 Å². The van der Waals surface area contributed by atoms with Gasteiger partial charge in [-0.1, -0.05) is 42.5 Å². The van der Waals surface area contributed by atoms with Crippen LogP contribution >= 0.6 is 0 Å². The Morgan fingerprint density at radius 1 is 0.765 bits per heavy atom. The van der Waals surface area contributed by atoms with Gasteiger partial charge >= 0.3 is 5.97 Å². The molecule has 0 aliphatic heterocycles. The van der Waals surface area contributed by atoms with Gasteiger partial charge in [0.2, 0.25) is 17.7 Å². The van der Waals surface area contributed by atoms with Gasteiger partial charge in [0.05, 0.1) is 6.04 Å². The van der Waals surface area contributed by atoms with E-state index in [1.165, 1.54) is 26.0 Å². The van der Waals surface area contributed by atoms with Gasteiger partial charge in [-0.25, -0.2) is 0 Å². The van der Waals surface area contributed by atoms with Crippen molar-refractivity contribution in [1.82, 2.24) is 16.0 Å². The number of nitrogens with one attached hydrogen (secondary N) is 3. The van der Waals surface area contributed by atoms with E-state index in [9.17, 15) is 24.3 Å². The molecule has 0 aromatic heterocycles. The largest absolute Gasteiger partial charge is 0.508 e. The van der Waals surface area contributed by atoms with Gasteiger partial charge in [-0.3, -0.25) is 19.2 Å². The molecule has 2 rings (SSSR count). The first-order valence-electron chi connectivity index (χ1n) is 10.8. The van der Waals surface area contributed by atoms with Crippen molar-refractivity contribution in [2.45, 2.75) is 50.9 Å². The third kappa shape index (κ3) is 8.21. The molecule has 2 aromatic rings. The topological polar surface area (TPSA) is 171 Å². The number of carbonyl (C=O) groups excluding carboxylic acids is 3. The van der Waals surface area contributed by atoms with Crippen molar-refractivity contribution in [2.24, 2.45) is 5.73 Å². The molecule has 10 nitrogen and oxygen atoms in total. The Balaban J connectivity index is 2.08. The molecule has 34 heavy (non-hydrogen) atoms. The van der Waals surface area contributed by atoms with E-state index < -0.39 is 47.9 Å². The fourth-order valence-corrected chi connectivity index (χ4v) is 3.10. The summed E-state index contributed by atoms with van der Waals surface area (Å²) in [5, 5.41) is 25.8. The van der Waals surface area contributed by atoms with Gasteiger partial charge in [-0.2, -0.15) is 0 Å². The predicted molar refractivity (Wildman–Crippen MR) is 125 cm³/mol. The van der Waals surface area contributed by atoms with Crippen LogP contribution in [0.2, 0.25) is 0 Å². The number of carbonyl (C=O) groups is 4. The Morgan fingerprint density at radius 3 is 1.91 bits per heavy atom. The number of hydrogen-bond donors (Lipinski definition) is 6. The van der Waals surface area contributed by atoms with Crippen molar-refractivity contribution in [3.8, 4) is 5.75 Å². The Labute approximate surface area is 197 Å². The summed E-state index contributed by atoms with van der Waals surface area (Å²) < 4.78 is 0. The molecule has 0 heterocycles. The van der Waals surface area contributed by atoms with E-state index in [1.807, 2.05) is 6.07 Å². The van der Waals surface area contributed by atoms with E-state index in [4.69, 9.17) is 10.8 Å². The number of carboxylic acid groups (broad SMARTS) is 1. The monoisotopic (exact) mass is 470 g/mol. The van der Waals surface area contributed by atoms with Crippen molar-refractivity contribution in [3.05, 3.63) is 65.7 Å². The number of carboxylic acids is 1. The molecule has 4 unspecified atom stereocenters. The lowest BCUT2D eigenvalue weighted by atomic mass is 10.0. The van der Waals surface area contributed by atoms with Crippen LogP contribution in [-0.2, 0) is 32.0 Å². The van der Waals surface area contributed by atoms with Crippen LogP contribution in [0.1, 0.15) is 25.0 Å². The van der Waals surface area contributed by atoms with Crippen LogP contribution in [0.5, 0.6) is 5.75 Å². The summed E-state index contributed by atoms with van der Waals surface area (Å²) in [5.74, 6) is -2.95. The van der Waals surface area contributed by atoms with Crippen molar-refractivity contribution >= 4 is 23.7 Å². The molecule has 0 aliphatic rings. The number of rotatable bonds is 11. The molecular formula is C24H30N4O6. The van der Waals surface area contributed by atoms with Crippen LogP contribution in [0.4, 0.5) is 0 Å². The Hall–Kier alpha value is -3.92. The van der Waals surface area contributed by atoms with Crippen LogP contribution in [0, 0.1) is 0 Å². The highest BCUT2D eigenvalue weighted by molar-refractivity contribution is 5.94. The molecule has 0 aliphatic carbocycles. The van der Waals surface area contributed by atoms with Crippen molar-refractivity contribution in [2.75, 3.05) is 0 Å². The van der Waals surface area contributed by atoms with Crippen molar-refractivity contribution in [3.63, 3.8) is 0 Å². The lowest BCUT2D eigenvalue weighted by Crippen LogP contribution is -2.56. The molecule has 0 saturated carbocycles. The average Bonchev–Trinajstić information content (AvgIpc) is 2.80. The quantitative estimate of drug-likeness (QED) is 0.270. The average molecular weight is 471 g/mol. The minimum absolute atomic E-state index is 0.0947. The number of nitrogens with two attached hydrogens (primary N) is 1. The summed E-state index contributed by atoms with van der Waals surface area (Å²) in [6, 6.07) is 11.2. The highest BCUT2D eigenvalue weighted by atomic mass is 16.4. The SMILES string of the molecule is CC(NC(=O)C(C)NC(=O)C(Cc1ccccc1)NC(=O)C(N)Cc1ccc(O)cc1)C(=O)O. The molecule has 0 radical (unpaired) electrons. The second-order valence-electron chi connectivity index (χ2n) is 8.03. The molecular weight excluding hydrogens is 440 g/mol. The maximum absolute atomic E-state index is 12.9. The first-order chi connectivity index (χ1) is 16.1. The minimum atomic E-state index is -1.20. The van der Waals surface area contributed by atoms with Crippen molar-refractivity contribution in [1.29, 1.82) is 0 Å². The van der Waals surface area contributed by atoms with E-state index in [1.54, 1.807) is 36.4 Å². The number of hydrogen-bond acceptors (Lipinski definition) is 6. The number of phenolic OH excluding ortho intramolecular Hbond substituents is 1. The zero-order valence-electron chi connectivity index (χ0n) is 19.0. The molecule has 0 saturated heterocycles. The number of phenols is 1. The molecule has 4 atom stereocenters. The first kappa shape index (κ1) is 26.3. The normalized spacial score (nSPS) is 14.2. The van der Waals surface area contributed by atoms with Crippen LogP contribution in [-0.4, -0.2) is 58.1 Å². The molecule has 7 N–H and O–H groups in total. The highest BCUT2D eigenvalue weighted by Gasteiger charge is 2.27. The van der Waals surface area contributed by atoms with Crippen LogP contribution in [0.25, 0.3) is 0 Å². The zero-order valence-corrected chi connectivity index (χ0v) is 19.0. The second-order valence-corrected chi connectivity index (χ2v) is 8.03. The third-order valence-electron chi connectivity index (χ3n) is 5.13. The first-order valence-corrected chi connectivity index (χ1v) is 10.8. The number of benzene rings is 2. The maximum Gasteiger partial charge on any atom is 0.325 e. The lowest BCUT2D eigenvalue weighted by Gasteiger charge is -2.23. The van der Waals surface area contributed by atoms with E-state index in [2.05, 4.69) is 16.0 Å². The summed E-state index contributed by atoms with van der Waals surface area (Å²) in [7, 11) is 0. The zero-order chi connectivity index (χ0) is 25.3. The molecule has 3 amide bonds. The standard InChI is InChI=1S/C24H30N4O6/c1-14(21(30)27-15(2)24(33)34)26-23(32)20(13-16-6-4-3-5-7-16)28-22(31)19(25)12-17-8-10-18(29)11-9-17/h3-11,14-15,19-20,29H,12-13,25H2,1-2H3,(H,26,32)(H,27,30)(H,28,31)(H,33,34). The second kappa shape index (κ2) is 12.4. The van der Waals surface area contributed by atoms with Crippen LogP contribution < -0.4 is 21.7 Å². The minimum Gasteiger partial charge on any atom is -0.508 e. The summed E-state index contributed by atoms with van der Waals surface area (Å²) in [6.45, 7) is 2.72. The molecule has 2 aromatic carbocycles. The molecule has 0 fully saturated rings. The van der Waals surface area contributed by atoms with Gasteiger partial charge in [0.15, 0.2) is 0 Å². The highest BCUT2D eigenvalue weighted by Crippen LogP contribution is 2.11. The Bertz CT molecular complexity index is 996. The molecule has 0 spiro atoms. The number of aromatic hydroxyl groups is 1. The number of amides is 3. The van der Waals surface area contributed by atoms with E-state index in [0.717, 1.165) is 11.1 Å². The van der Waals surface area contributed by atoms with Crippen LogP contribution in [0.15, 0.2) is 54.6 Å². The molecule has 0 bridgehead atoms. The summed E-state index contributed by atoms with van der Waals surface area (Å²) in [5.41, 5.74) is 7.56. The fraction of sp³-hybridized carbons (Fsp3) is 0.333. The third-order valence-corrected chi connectivity index (χ3v) is 5.13. The van der Waals surface area contributed by atoms with Gasteiger partial charge < -0.3 is 31.9 Å². The van der Waals surface area contributed by atoms with E-state index >= 15 is 0 Å². The van der Waals surface area contributed by atoms with Crippen LogP contribution in [0.3, 0.4) is 0 Å². The predicted octanol–water partition coefficient (Wildman–Crippen LogP) is 0.0835.